The van der Waals surface area contributed by atoms with Gasteiger partial charge in [-0.15, -0.1) is 0 Å². The van der Waals surface area contributed by atoms with Gasteiger partial charge in [-0.1, -0.05) is 25.7 Å². The third kappa shape index (κ3) is 2.63. The van der Waals surface area contributed by atoms with Crippen LogP contribution in [0.15, 0.2) is 10.7 Å². The van der Waals surface area contributed by atoms with Crippen LogP contribution in [0.3, 0.4) is 0 Å². The minimum atomic E-state index is 0.742. The van der Waals surface area contributed by atoms with E-state index < -0.39 is 0 Å². The van der Waals surface area contributed by atoms with E-state index in [2.05, 4.69) is 38.7 Å². The van der Waals surface area contributed by atoms with E-state index in [0.29, 0.717) is 0 Å². The molecule has 0 amide bonds. The van der Waals surface area contributed by atoms with E-state index in [9.17, 15) is 0 Å². The average molecular weight is 271 g/mol. The van der Waals surface area contributed by atoms with E-state index in [4.69, 9.17) is 0 Å². The van der Waals surface area contributed by atoms with Crippen LogP contribution in [0.1, 0.15) is 57.1 Å². The van der Waals surface area contributed by atoms with Gasteiger partial charge in [-0.25, -0.2) is 0 Å². The highest BCUT2D eigenvalue weighted by Crippen LogP contribution is 2.32. The summed E-state index contributed by atoms with van der Waals surface area (Å²) in [5.74, 6) is 0.742. The van der Waals surface area contributed by atoms with Gasteiger partial charge in [-0.2, -0.15) is 5.10 Å². The molecule has 1 heterocycles. The molecule has 15 heavy (non-hydrogen) atoms. The summed E-state index contributed by atoms with van der Waals surface area (Å²) in [6, 6.07) is 2.21. The first-order chi connectivity index (χ1) is 7.31. The highest BCUT2D eigenvalue weighted by molar-refractivity contribution is 9.10. The Morgan fingerprint density at radius 2 is 2.00 bits per heavy atom. The Kier molecular flexibility index (Phi) is 3.84. The second-order valence-corrected chi connectivity index (χ2v) is 5.21. The lowest BCUT2D eigenvalue weighted by Crippen LogP contribution is -2.07. The Hall–Kier alpha value is -0.310. The van der Waals surface area contributed by atoms with Crippen LogP contribution in [0.5, 0.6) is 0 Å². The van der Waals surface area contributed by atoms with Crippen molar-refractivity contribution in [3.8, 4) is 0 Å². The van der Waals surface area contributed by atoms with Crippen molar-refractivity contribution in [3.63, 3.8) is 0 Å². The zero-order valence-corrected chi connectivity index (χ0v) is 11.0. The maximum Gasteiger partial charge on any atom is 0.128 e. The fourth-order valence-corrected chi connectivity index (χ4v) is 2.98. The van der Waals surface area contributed by atoms with Crippen molar-refractivity contribution >= 4 is 15.9 Å². The van der Waals surface area contributed by atoms with Crippen molar-refractivity contribution < 1.29 is 0 Å². The van der Waals surface area contributed by atoms with Gasteiger partial charge in [0.05, 0.1) is 0 Å². The molecule has 84 valence electrons. The number of aromatic nitrogens is 2. The van der Waals surface area contributed by atoms with Crippen LogP contribution in [0, 0.1) is 0 Å². The van der Waals surface area contributed by atoms with Crippen LogP contribution in [0.2, 0.25) is 0 Å². The first kappa shape index (κ1) is 11.2. The summed E-state index contributed by atoms with van der Waals surface area (Å²) in [6.07, 6.45) is 8.29. The molecule has 0 bridgehead atoms. The predicted molar refractivity (Wildman–Crippen MR) is 66.0 cm³/mol. The van der Waals surface area contributed by atoms with Gasteiger partial charge in [-0.05, 0) is 41.8 Å². The molecule has 0 atom stereocenters. The van der Waals surface area contributed by atoms with Gasteiger partial charge in [-0.3, -0.25) is 4.68 Å². The fraction of sp³-hybridized carbons (Fsp3) is 0.750. The van der Waals surface area contributed by atoms with Crippen LogP contribution in [-0.2, 0) is 6.54 Å². The smallest absolute Gasteiger partial charge is 0.128 e. The molecule has 0 aliphatic heterocycles. The average Bonchev–Trinajstić information content (AvgIpc) is 2.47. The Labute approximate surface area is 100 Å². The van der Waals surface area contributed by atoms with Crippen molar-refractivity contribution in [2.24, 2.45) is 0 Å². The minimum absolute atomic E-state index is 0.742. The zero-order valence-electron chi connectivity index (χ0n) is 9.38. The molecule has 3 heteroatoms. The number of nitrogens with zero attached hydrogens (tertiary/aromatic N) is 2. The maximum atomic E-state index is 4.47. The topological polar surface area (TPSA) is 17.8 Å². The normalized spacial score (nSPS) is 19.1. The monoisotopic (exact) mass is 270 g/mol. The molecular weight excluding hydrogens is 252 g/mol. The summed E-state index contributed by atoms with van der Waals surface area (Å²) in [6.45, 7) is 3.15. The minimum Gasteiger partial charge on any atom is -0.268 e. The highest BCUT2D eigenvalue weighted by Gasteiger charge is 2.18. The molecule has 0 unspecified atom stereocenters. The van der Waals surface area contributed by atoms with E-state index in [-0.39, 0.29) is 0 Å². The standard InChI is InChI=1S/C12H19BrN2/c1-2-15-11(9-12(13)14-15)10-7-5-3-4-6-8-10/h9-10H,2-8H2,1H3. The number of aryl methyl sites for hydroxylation is 1. The number of rotatable bonds is 2. The molecule has 1 aromatic heterocycles. The third-order valence-electron chi connectivity index (χ3n) is 3.35. The van der Waals surface area contributed by atoms with Crippen LogP contribution in [0.4, 0.5) is 0 Å². The Bertz CT molecular complexity index is 311. The third-order valence-corrected chi connectivity index (χ3v) is 3.74. The Morgan fingerprint density at radius 3 is 2.60 bits per heavy atom. The molecule has 0 N–H and O–H groups in total. The summed E-state index contributed by atoms with van der Waals surface area (Å²) < 4.78 is 3.14. The lowest BCUT2D eigenvalue weighted by atomic mass is 9.96. The van der Waals surface area contributed by atoms with E-state index in [1.807, 2.05) is 0 Å². The van der Waals surface area contributed by atoms with Crippen LogP contribution >= 0.6 is 15.9 Å². The second-order valence-electron chi connectivity index (χ2n) is 4.40. The summed E-state index contributed by atoms with van der Waals surface area (Å²) in [7, 11) is 0. The molecule has 0 radical (unpaired) electrons. The van der Waals surface area contributed by atoms with E-state index in [1.54, 1.807) is 0 Å². The number of hydrogen-bond donors (Lipinski definition) is 0. The molecule has 1 aliphatic carbocycles. The summed E-state index contributed by atoms with van der Waals surface area (Å²) in [4.78, 5) is 0. The molecule has 1 aromatic rings. The first-order valence-corrected chi connectivity index (χ1v) is 6.84. The molecule has 2 nitrogen and oxygen atoms in total. The van der Waals surface area contributed by atoms with Crippen molar-refractivity contribution in [1.82, 2.24) is 9.78 Å². The lowest BCUT2D eigenvalue weighted by Gasteiger charge is -2.15. The molecule has 0 spiro atoms. The van der Waals surface area contributed by atoms with E-state index >= 15 is 0 Å². The molecule has 1 saturated carbocycles. The summed E-state index contributed by atoms with van der Waals surface area (Å²) >= 11 is 3.48. The lowest BCUT2D eigenvalue weighted by molar-refractivity contribution is 0.517. The fourth-order valence-electron chi connectivity index (χ4n) is 2.56. The van der Waals surface area contributed by atoms with Gasteiger partial charge in [0, 0.05) is 18.2 Å². The largest absolute Gasteiger partial charge is 0.268 e. The quantitative estimate of drug-likeness (QED) is 0.740. The highest BCUT2D eigenvalue weighted by atomic mass is 79.9. The van der Waals surface area contributed by atoms with E-state index in [1.165, 1.54) is 44.2 Å². The first-order valence-electron chi connectivity index (χ1n) is 6.04. The van der Waals surface area contributed by atoms with Crippen molar-refractivity contribution in [1.29, 1.82) is 0 Å². The van der Waals surface area contributed by atoms with Gasteiger partial charge >= 0.3 is 0 Å². The molecule has 0 aromatic carbocycles. The molecule has 1 fully saturated rings. The van der Waals surface area contributed by atoms with Crippen molar-refractivity contribution in [2.45, 2.75) is 57.9 Å². The van der Waals surface area contributed by atoms with Gasteiger partial charge < -0.3 is 0 Å². The molecule has 0 saturated heterocycles. The number of hydrogen-bond acceptors (Lipinski definition) is 1. The van der Waals surface area contributed by atoms with Gasteiger partial charge in [0.25, 0.3) is 0 Å². The molecule has 1 aliphatic rings. The number of halogens is 1. The molecular formula is C12H19BrN2. The van der Waals surface area contributed by atoms with Gasteiger partial charge in [0.15, 0.2) is 0 Å². The van der Waals surface area contributed by atoms with Crippen LogP contribution in [0.25, 0.3) is 0 Å². The van der Waals surface area contributed by atoms with Crippen molar-refractivity contribution in [2.75, 3.05) is 0 Å². The molecule has 2 rings (SSSR count). The van der Waals surface area contributed by atoms with Gasteiger partial charge in [0.2, 0.25) is 0 Å². The Morgan fingerprint density at radius 1 is 1.33 bits per heavy atom. The predicted octanol–water partition coefficient (Wildman–Crippen LogP) is 4.10. The van der Waals surface area contributed by atoms with Crippen LogP contribution < -0.4 is 0 Å². The zero-order chi connectivity index (χ0) is 10.7. The Balaban J connectivity index is 2.18. The SMILES string of the molecule is CCn1nc(Br)cc1C1CCCCCC1. The second kappa shape index (κ2) is 5.15. The maximum absolute atomic E-state index is 4.47. The van der Waals surface area contributed by atoms with Gasteiger partial charge in [0.1, 0.15) is 4.60 Å². The van der Waals surface area contributed by atoms with E-state index in [0.717, 1.165) is 17.1 Å². The summed E-state index contributed by atoms with van der Waals surface area (Å²) in [5, 5.41) is 4.47. The summed E-state index contributed by atoms with van der Waals surface area (Å²) in [5.41, 5.74) is 1.44. The van der Waals surface area contributed by atoms with Crippen molar-refractivity contribution in [3.05, 3.63) is 16.4 Å². The van der Waals surface area contributed by atoms with Crippen LogP contribution in [-0.4, -0.2) is 9.78 Å².